The standard InChI is InChI=1S/C22H26BrN3O2/c23-19-10-8-18(9-11-19)5-1-2-7-21(27)25-13-15-26(16-14-25)22(28)17-20-6-3-4-12-24-20/h3-4,6,8-12H,1-2,5,7,13-17H2. The van der Waals surface area contributed by atoms with E-state index in [4.69, 9.17) is 0 Å². The zero-order valence-electron chi connectivity index (χ0n) is 16.0. The van der Waals surface area contributed by atoms with Crippen molar-refractivity contribution in [3.8, 4) is 0 Å². The van der Waals surface area contributed by atoms with Gasteiger partial charge in [-0.25, -0.2) is 0 Å². The first kappa shape index (κ1) is 20.5. The zero-order chi connectivity index (χ0) is 19.8. The van der Waals surface area contributed by atoms with E-state index in [0.29, 0.717) is 39.0 Å². The number of piperazine rings is 1. The van der Waals surface area contributed by atoms with Gasteiger partial charge in [-0.05, 0) is 49.1 Å². The Kier molecular flexibility index (Phi) is 7.60. The predicted octanol–water partition coefficient (Wildman–Crippen LogP) is 3.47. The fraction of sp³-hybridized carbons (Fsp3) is 0.409. The van der Waals surface area contributed by atoms with E-state index in [1.807, 2.05) is 28.0 Å². The van der Waals surface area contributed by atoms with Gasteiger partial charge in [-0.3, -0.25) is 14.6 Å². The summed E-state index contributed by atoms with van der Waals surface area (Å²) in [6, 6.07) is 13.9. The minimum absolute atomic E-state index is 0.0836. The second-order valence-corrected chi connectivity index (χ2v) is 8.01. The maximum absolute atomic E-state index is 12.4. The first-order valence-electron chi connectivity index (χ1n) is 9.82. The molecule has 148 valence electrons. The molecule has 1 aliphatic heterocycles. The number of unbranched alkanes of at least 4 members (excludes halogenated alkanes) is 1. The van der Waals surface area contributed by atoms with Gasteiger partial charge in [0.05, 0.1) is 6.42 Å². The molecule has 1 aliphatic rings. The van der Waals surface area contributed by atoms with Gasteiger partial charge >= 0.3 is 0 Å². The third-order valence-electron chi connectivity index (χ3n) is 5.06. The van der Waals surface area contributed by atoms with Gasteiger partial charge in [-0.2, -0.15) is 0 Å². The number of halogens is 1. The Labute approximate surface area is 174 Å². The molecular formula is C22H26BrN3O2. The SMILES string of the molecule is O=C(CCCCc1ccc(Br)cc1)N1CCN(C(=O)Cc2ccccn2)CC1. The van der Waals surface area contributed by atoms with Gasteiger partial charge in [0, 0.05) is 49.0 Å². The number of hydrogen-bond acceptors (Lipinski definition) is 3. The maximum atomic E-state index is 12.4. The molecule has 2 aromatic rings. The number of nitrogens with zero attached hydrogens (tertiary/aromatic N) is 3. The normalized spacial score (nSPS) is 14.2. The smallest absolute Gasteiger partial charge is 0.228 e. The van der Waals surface area contributed by atoms with Gasteiger partial charge in [-0.15, -0.1) is 0 Å². The number of carbonyl (C=O) groups excluding carboxylic acids is 2. The van der Waals surface area contributed by atoms with Crippen LogP contribution in [0.3, 0.4) is 0 Å². The summed E-state index contributed by atoms with van der Waals surface area (Å²) in [5, 5.41) is 0. The molecule has 28 heavy (non-hydrogen) atoms. The first-order chi connectivity index (χ1) is 13.6. The van der Waals surface area contributed by atoms with Gasteiger partial charge < -0.3 is 9.80 Å². The minimum Gasteiger partial charge on any atom is -0.339 e. The highest BCUT2D eigenvalue weighted by molar-refractivity contribution is 9.10. The van der Waals surface area contributed by atoms with Gasteiger partial charge in [0.2, 0.25) is 11.8 Å². The van der Waals surface area contributed by atoms with E-state index in [1.54, 1.807) is 6.20 Å². The largest absolute Gasteiger partial charge is 0.339 e. The average Bonchev–Trinajstić information content (AvgIpc) is 2.73. The third kappa shape index (κ3) is 6.16. The van der Waals surface area contributed by atoms with Gasteiger partial charge in [0.1, 0.15) is 0 Å². The average molecular weight is 444 g/mol. The molecule has 3 rings (SSSR count). The van der Waals surface area contributed by atoms with Crippen LogP contribution in [-0.2, 0) is 22.4 Å². The van der Waals surface area contributed by atoms with E-state index < -0.39 is 0 Å². The summed E-state index contributed by atoms with van der Waals surface area (Å²) in [5.74, 6) is 0.285. The van der Waals surface area contributed by atoms with E-state index in [1.165, 1.54) is 5.56 Å². The van der Waals surface area contributed by atoms with E-state index in [2.05, 4.69) is 45.2 Å². The lowest BCUT2D eigenvalue weighted by Crippen LogP contribution is -2.51. The lowest BCUT2D eigenvalue weighted by Gasteiger charge is -2.35. The highest BCUT2D eigenvalue weighted by Crippen LogP contribution is 2.14. The Morgan fingerprint density at radius 3 is 2.21 bits per heavy atom. The minimum atomic E-state index is 0.0836. The molecule has 0 aliphatic carbocycles. The van der Waals surface area contributed by atoms with Crippen LogP contribution in [0.25, 0.3) is 0 Å². The quantitative estimate of drug-likeness (QED) is 0.615. The maximum Gasteiger partial charge on any atom is 0.228 e. The van der Waals surface area contributed by atoms with Crippen molar-refractivity contribution in [2.24, 2.45) is 0 Å². The molecule has 1 aromatic carbocycles. The van der Waals surface area contributed by atoms with Crippen LogP contribution in [-0.4, -0.2) is 52.8 Å². The molecule has 1 saturated heterocycles. The number of carbonyl (C=O) groups is 2. The highest BCUT2D eigenvalue weighted by Gasteiger charge is 2.23. The van der Waals surface area contributed by atoms with Crippen molar-refractivity contribution >= 4 is 27.7 Å². The molecule has 2 heterocycles. The van der Waals surface area contributed by atoms with Crippen LogP contribution in [0.15, 0.2) is 53.1 Å². The summed E-state index contributed by atoms with van der Waals surface area (Å²) in [6.45, 7) is 2.46. The molecule has 0 N–H and O–H groups in total. The van der Waals surface area contributed by atoms with Crippen molar-refractivity contribution in [1.82, 2.24) is 14.8 Å². The second kappa shape index (κ2) is 10.4. The van der Waals surface area contributed by atoms with Crippen LogP contribution in [0.4, 0.5) is 0 Å². The van der Waals surface area contributed by atoms with E-state index in [9.17, 15) is 9.59 Å². The van der Waals surface area contributed by atoms with Crippen LogP contribution in [0.2, 0.25) is 0 Å². The van der Waals surface area contributed by atoms with E-state index in [-0.39, 0.29) is 11.8 Å². The van der Waals surface area contributed by atoms with Crippen molar-refractivity contribution in [3.63, 3.8) is 0 Å². The van der Waals surface area contributed by atoms with Crippen LogP contribution < -0.4 is 0 Å². The summed E-state index contributed by atoms with van der Waals surface area (Å²) in [7, 11) is 0. The Morgan fingerprint density at radius 2 is 1.57 bits per heavy atom. The summed E-state index contributed by atoms with van der Waals surface area (Å²) in [5.41, 5.74) is 2.09. The Morgan fingerprint density at radius 1 is 0.893 bits per heavy atom. The molecule has 0 spiro atoms. The fourth-order valence-corrected chi connectivity index (χ4v) is 3.65. The highest BCUT2D eigenvalue weighted by atomic mass is 79.9. The van der Waals surface area contributed by atoms with Gasteiger partial charge in [0.25, 0.3) is 0 Å². The number of pyridine rings is 1. The van der Waals surface area contributed by atoms with E-state index in [0.717, 1.165) is 29.4 Å². The van der Waals surface area contributed by atoms with Crippen LogP contribution >= 0.6 is 15.9 Å². The topological polar surface area (TPSA) is 53.5 Å². The summed E-state index contributed by atoms with van der Waals surface area (Å²) >= 11 is 3.44. The van der Waals surface area contributed by atoms with Crippen molar-refractivity contribution < 1.29 is 9.59 Å². The number of aryl methyl sites for hydroxylation is 1. The van der Waals surface area contributed by atoms with Crippen molar-refractivity contribution in [2.75, 3.05) is 26.2 Å². The van der Waals surface area contributed by atoms with Crippen molar-refractivity contribution in [2.45, 2.75) is 32.1 Å². The molecule has 1 fully saturated rings. The van der Waals surface area contributed by atoms with Crippen molar-refractivity contribution in [1.29, 1.82) is 0 Å². The Hall–Kier alpha value is -2.21. The Bertz CT molecular complexity index is 772. The molecule has 0 bridgehead atoms. The molecule has 5 nitrogen and oxygen atoms in total. The van der Waals surface area contributed by atoms with E-state index >= 15 is 0 Å². The van der Waals surface area contributed by atoms with Gasteiger partial charge in [0.15, 0.2) is 0 Å². The van der Waals surface area contributed by atoms with Gasteiger partial charge in [-0.1, -0.05) is 34.1 Å². The molecule has 2 amide bonds. The molecule has 0 radical (unpaired) electrons. The number of hydrogen-bond donors (Lipinski definition) is 0. The second-order valence-electron chi connectivity index (χ2n) is 7.09. The molecule has 1 aromatic heterocycles. The number of amides is 2. The third-order valence-corrected chi connectivity index (χ3v) is 5.59. The van der Waals surface area contributed by atoms with Crippen LogP contribution in [0.5, 0.6) is 0 Å². The molecule has 6 heteroatoms. The van der Waals surface area contributed by atoms with Crippen LogP contribution in [0, 0.1) is 0 Å². The summed E-state index contributed by atoms with van der Waals surface area (Å²) < 4.78 is 1.09. The van der Waals surface area contributed by atoms with Crippen molar-refractivity contribution in [3.05, 3.63) is 64.4 Å². The Balaban J connectivity index is 1.34. The number of benzene rings is 1. The molecular weight excluding hydrogens is 418 g/mol. The first-order valence-corrected chi connectivity index (χ1v) is 10.6. The molecule has 0 atom stereocenters. The number of rotatable bonds is 7. The monoisotopic (exact) mass is 443 g/mol. The lowest BCUT2D eigenvalue weighted by atomic mass is 10.1. The summed E-state index contributed by atoms with van der Waals surface area (Å²) in [4.78, 5) is 32.8. The molecule has 0 saturated carbocycles. The number of aromatic nitrogens is 1. The fourth-order valence-electron chi connectivity index (χ4n) is 3.39. The van der Waals surface area contributed by atoms with Crippen LogP contribution in [0.1, 0.15) is 30.5 Å². The zero-order valence-corrected chi connectivity index (χ0v) is 17.6. The summed E-state index contributed by atoms with van der Waals surface area (Å²) in [6.07, 6.45) is 5.51. The molecule has 0 unspecified atom stereocenters. The predicted molar refractivity (Wildman–Crippen MR) is 113 cm³/mol. The lowest BCUT2D eigenvalue weighted by molar-refractivity contribution is -0.139.